The number of rotatable bonds is 4. The predicted molar refractivity (Wildman–Crippen MR) is 72.6 cm³/mol. The number of aryl methyl sites for hydroxylation is 1. The average Bonchev–Trinajstić information content (AvgIpc) is 2.54. The standard InChI is InChI=1S/C13H9F5N2O3S/c1-5-3-6(23-2)19-7(4-5)24(21,22)20-13-11(17)9(15)8(14)10(16)12(13)18/h3-4,20H,1-2H3. The number of methoxy groups -OCH3 is 1. The van der Waals surface area contributed by atoms with Gasteiger partial charge < -0.3 is 4.74 Å². The van der Waals surface area contributed by atoms with Crippen molar-refractivity contribution in [1.82, 2.24) is 4.98 Å². The number of halogens is 5. The van der Waals surface area contributed by atoms with Crippen LogP contribution in [-0.4, -0.2) is 20.5 Å². The molecule has 11 heteroatoms. The number of hydrogen-bond donors (Lipinski definition) is 1. The van der Waals surface area contributed by atoms with E-state index in [1.165, 1.54) is 24.8 Å². The van der Waals surface area contributed by atoms with Crippen molar-refractivity contribution in [2.24, 2.45) is 0 Å². The number of pyridine rings is 1. The zero-order chi connectivity index (χ0) is 18.2. The Morgan fingerprint density at radius 1 is 0.958 bits per heavy atom. The van der Waals surface area contributed by atoms with Crippen LogP contribution in [0.1, 0.15) is 5.56 Å². The second-order valence-corrected chi connectivity index (χ2v) is 6.20. The molecule has 0 saturated heterocycles. The first-order valence-electron chi connectivity index (χ1n) is 6.15. The zero-order valence-corrected chi connectivity index (χ0v) is 12.9. The van der Waals surface area contributed by atoms with E-state index in [1.807, 2.05) is 0 Å². The summed E-state index contributed by atoms with van der Waals surface area (Å²) in [5, 5.41) is -0.719. The second kappa shape index (κ2) is 6.23. The molecular formula is C13H9F5N2O3S. The van der Waals surface area contributed by atoms with Gasteiger partial charge in [-0.1, -0.05) is 0 Å². The number of benzene rings is 1. The van der Waals surface area contributed by atoms with E-state index in [0.29, 0.717) is 5.56 Å². The highest BCUT2D eigenvalue weighted by molar-refractivity contribution is 7.92. The number of nitrogens with one attached hydrogen (secondary N) is 1. The van der Waals surface area contributed by atoms with Crippen molar-refractivity contribution in [3.63, 3.8) is 0 Å². The van der Waals surface area contributed by atoms with Crippen molar-refractivity contribution >= 4 is 15.7 Å². The molecule has 0 radical (unpaired) electrons. The molecule has 2 aromatic rings. The SMILES string of the molecule is COc1cc(C)cc(S(=O)(=O)Nc2c(F)c(F)c(F)c(F)c2F)n1. The van der Waals surface area contributed by atoms with Crippen molar-refractivity contribution < 1.29 is 35.1 Å². The molecule has 24 heavy (non-hydrogen) atoms. The van der Waals surface area contributed by atoms with Crippen LogP contribution in [0.25, 0.3) is 0 Å². The molecular weight excluding hydrogens is 359 g/mol. The van der Waals surface area contributed by atoms with Gasteiger partial charge in [0.05, 0.1) is 7.11 Å². The van der Waals surface area contributed by atoms with Gasteiger partial charge in [-0.3, -0.25) is 4.72 Å². The molecule has 1 N–H and O–H groups in total. The van der Waals surface area contributed by atoms with Crippen LogP contribution in [-0.2, 0) is 10.0 Å². The number of hydrogen-bond acceptors (Lipinski definition) is 4. The smallest absolute Gasteiger partial charge is 0.279 e. The summed E-state index contributed by atoms with van der Waals surface area (Å²) in [6, 6.07) is 2.40. The van der Waals surface area contributed by atoms with E-state index >= 15 is 0 Å². The minimum Gasteiger partial charge on any atom is -0.481 e. The molecule has 0 aliphatic rings. The summed E-state index contributed by atoms with van der Waals surface area (Å²) >= 11 is 0. The second-order valence-electron chi connectivity index (χ2n) is 4.58. The van der Waals surface area contributed by atoms with Gasteiger partial charge in [0, 0.05) is 6.07 Å². The van der Waals surface area contributed by atoms with Crippen LogP contribution in [0.3, 0.4) is 0 Å². The van der Waals surface area contributed by atoms with Crippen molar-refractivity contribution in [2.75, 3.05) is 11.8 Å². The van der Waals surface area contributed by atoms with E-state index in [1.54, 1.807) is 0 Å². The third-order valence-electron chi connectivity index (χ3n) is 2.85. The van der Waals surface area contributed by atoms with Crippen LogP contribution < -0.4 is 9.46 Å². The monoisotopic (exact) mass is 368 g/mol. The molecule has 0 amide bonds. The van der Waals surface area contributed by atoms with Gasteiger partial charge in [-0.15, -0.1) is 0 Å². The van der Waals surface area contributed by atoms with Crippen LogP contribution in [0.15, 0.2) is 17.2 Å². The van der Waals surface area contributed by atoms with Crippen molar-refractivity contribution in [3.05, 3.63) is 46.8 Å². The van der Waals surface area contributed by atoms with Crippen LogP contribution in [0.5, 0.6) is 5.88 Å². The summed E-state index contributed by atoms with van der Waals surface area (Å²) in [4.78, 5) is 3.56. The molecule has 0 aliphatic heterocycles. The normalized spacial score (nSPS) is 11.5. The molecule has 5 nitrogen and oxygen atoms in total. The lowest BCUT2D eigenvalue weighted by atomic mass is 10.2. The van der Waals surface area contributed by atoms with Gasteiger partial charge >= 0.3 is 0 Å². The number of anilines is 1. The number of aromatic nitrogens is 1. The Kier molecular flexibility index (Phi) is 4.65. The van der Waals surface area contributed by atoms with Gasteiger partial charge in [-0.05, 0) is 18.6 Å². The Labute approximate surface area is 133 Å². The Morgan fingerprint density at radius 3 is 1.96 bits per heavy atom. The maximum Gasteiger partial charge on any atom is 0.279 e. The first-order valence-corrected chi connectivity index (χ1v) is 7.63. The Bertz CT molecular complexity index is 889. The molecule has 0 atom stereocenters. The summed E-state index contributed by atoms with van der Waals surface area (Å²) in [5.41, 5.74) is -1.33. The van der Waals surface area contributed by atoms with Crippen molar-refractivity contribution in [3.8, 4) is 5.88 Å². The summed E-state index contributed by atoms with van der Waals surface area (Å²) in [6.07, 6.45) is 0. The number of sulfonamides is 1. The van der Waals surface area contributed by atoms with Gasteiger partial charge in [-0.25, -0.2) is 22.0 Å². The maximum absolute atomic E-state index is 13.6. The van der Waals surface area contributed by atoms with Gasteiger partial charge in [0.25, 0.3) is 10.0 Å². The molecule has 0 spiro atoms. The summed E-state index contributed by atoms with van der Waals surface area (Å²) in [7, 11) is -3.53. The van der Waals surface area contributed by atoms with E-state index in [0.717, 1.165) is 6.07 Å². The summed E-state index contributed by atoms with van der Waals surface area (Å²) < 4.78 is 96.7. The van der Waals surface area contributed by atoms with Crippen molar-refractivity contribution in [2.45, 2.75) is 11.9 Å². The lowest BCUT2D eigenvalue weighted by Crippen LogP contribution is -2.19. The first kappa shape index (κ1) is 17.9. The van der Waals surface area contributed by atoms with Gasteiger partial charge in [0.15, 0.2) is 28.3 Å². The summed E-state index contributed by atoms with van der Waals surface area (Å²) in [5.74, 6) is -11.7. The highest BCUT2D eigenvalue weighted by Crippen LogP contribution is 2.29. The quantitative estimate of drug-likeness (QED) is 0.512. The molecule has 130 valence electrons. The maximum atomic E-state index is 13.6. The predicted octanol–water partition coefficient (Wildman–Crippen LogP) is 2.89. The molecule has 1 aromatic heterocycles. The van der Waals surface area contributed by atoms with Gasteiger partial charge in [-0.2, -0.15) is 13.4 Å². The van der Waals surface area contributed by atoms with Crippen molar-refractivity contribution in [1.29, 1.82) is 0 Å². The topological polar surface area (TPSA) is 68.3 Å². The Hall–Kier alpha value is -2.43. The zero-order valence-electron chi connectivity index (χ0n) is 12.1. The molecule has 0 bridgehead atoms. The molecule has 0 aliphatic carbocycles. The van der Waals surface area contributed by atoms with Crippen LogP contribution in [0, 0.1) is 36.0 Å². The molecule has 1 heterocycles. The highest BCUT2D eigenvalue weighted by Gasteiger charge is 2.29. The fraction of sp³-hybridized carbons (Fsp3) is 0.154. The molecule has 0 unspecified atom stereocenters. The Morgan fingerprint density at radius 2 is 1.46 bits per heavy atom. The fourth-order valence-corrected chi connectivity index (χ4v) is 2.83. The van der Waals surface area contributed by atoms with Crippen LogP contribution in [0.4, 0.5) is 27.6 Å². The number of nitrogens with zero attached hydrogens (tertiary/aromatic N) is 1. The average molecular weight is 368 g/mol. The van der Waals surface area contributed by atoms with Crippen LogP contribution >= 0.6 is 0 Å². The van der Waals surface area contributed by atoms with E-state index in [2.05, 4.69) is 4.98 Å². The minimum absolute atomic E-state index is 0.118. The number of ether oxygens (including phenoxy) is 1. The van der Waals surface area contributed by atoms with Gasteiger partial charge in [0.2, 0.25) is 11.7 Å². The first-order chi connectivity index (χ1) is 11.1. The molecule has 0 saturated carbocycles. The highest BCUT2D eigenvalue weighted by atomic mass is 32.2. The lowest BCUT2D eigenvalue weighted by molar-refractivity contribution is 0.382. The fourth-order valence-electron chi connectivity index (χ4n) is 1.73. The molecule has 0 fully saturated rings. The van der Waals surface area contributed by atoms with E-state index in [4.69, 9.17) is 4.74 Å². The van der Waals surface area contributed by atoms with E-state index in [-0.39, 0.29) is 5.88 Å². The lowest BCUT2D eigenvalue weighted by Gasteiger charge is -2.12. The van der Waals surface area contributed by atoms with E-state index < -0.39 is 49.8 Å². The molecule has 1 aromatic carbocycles. The van der Waals surface area contributed by atoms with Crippen LogP contribution in [0.2, 0.25) is 0 Å². The Balaban J connectivity index is 2.57. The third kappa shape index (κ3) is 3.11. The molecule has 2 rings (SSSR count). The van der Waals surface area contributed by atoms with E-state index in [9.17, 15) is 30.4 Å². The minimum atomic E-state index is -4.74. The van der Waals surface area contributed by atoms with Gasteiger partial charge in [0.1, 0.15) is 5.69 Å². The largest absolute Gasteiger partial charge is 0.481 e. The summed E-state index contributed by atoms with van der Waals surface area (Å²) in [6.45, 7) is 1.49. The third-order valence-corrected chi connectivity index (χ3v) is 4.09.